The average Bonchev–Trinajstić information content (AvgIpc) is 2.65. The summed E-state index contributed by atoms with van der Waals surface area (Å²) in [6.45, 7) is 2.06. The van der Waals surface area contributed by atoms with Crippen LogP contribution < -0.4 is 4.74 Å². The molecule has 14 heavy (non-hydrogen) atoms. The average molecular weight is 205 g/mol. The smallest absolute Gasteiger partial charge is 0.118 e. The zero-order valence-corrected chi connectivity index (χ0v) is 8.97. The highest BCUT2D eigenvalue weighted by atomic mass is 32.1. The van der Waals surface area contributed by atoms with Gasteiger partial charge in [0, 0.05) is 10.4 Å². The van der Waals surface area contributed by atoms with Gasteiger partial charge in [-0.1, -0.05) is 0 Å². The van der Waals surface area contributed by atoms with Gasteiger partial charge in [0.15, 0.2) is 0 Å². The van der Waals surface area contributed by atoms with E-state index in [0.29, 0.717) is 0 Å². The minimum absolute atomic E-state index is 0.876. The number of methoxy groups -OCH3 is 1. The van der Waals surface area contributed by atoms with Crippen LogP contribution >= 0.6 is 11.5 Å². The molecule has 0 fully saturated rings. The fourth-order valence-corrected chi connectivity index (χ4v) is 1.83. The van der Waals surface area contributed by atoms with Crippen molar-refractivity contribution < 1.29 is 4.74 Å². The van der Waals surface area contributed by atoms with E-state index in [9.17, 15) is 0 Å². The maximum Gasteiger partial charge on any atom is 0.118 e. The summed E-state index contributed by atoms with van der Waals surface area (Å²) in [7, 11) is 1.67. The summed E-state index contributed by atoms with van der Waals surface area (Å²) in [5.41, 5.74) is 2.17. The molecule has 2 rings (SSSR count). The first-order valence-electron chi connectivity index (χ1n) is 4.37. The summed E-state index contributed by atoms with van der Waals surface area (Å²) in [6, 6.07) is 10.0. The van der Waals surface area contributed by atoms with Crippen LogP contribution in [0.3, 0.4) is 0 Å². The maximum absolute atomic E-state index is 5.09. The summed E-state index contributed by atoms with van der Waals surface area (Å²) < 4.78 is 9.43. The number of benzene rings is 1. The van der Waals surface area contributed by atoms with Crippen LogP contribution in [0.5, 0.6) is 5.75 Å². The van der Waals surface area contributed by atoms with Gasteiger partial charge < -0.3 is 4.74 Å². The number of aromatic nitrogens is 1. The van der Waals surface area contributed by atoms with E-state index in [4.69, 9.17) is 4.74 Å². The lowest BCUT2D eigenvalue weighted by Crippen LogP contribution is -1.82. The second-order valence-corrected chi connectivity index (χ2v) is 4.06. The van der Waals surface area contributed by atoms with Crippen molar-refractivity contribution >= 4 is 11.5 Å². The first-order chi connectivity index (χ1) is 6.79. The molecule has 0 aliphatic carbocycles. The van der Waals surface area contributed by atoms with Gasteiger partial charge in [-0.3, -0.25) is 0 Å². The predicted molar refractivity (Wildman–Crippen MR) is 58.8 cm³/mol. The highest BCUT2D eigenvalue weighted by Crippen LogP contribution is 2.23. The topological polar surface area (TPSA) is 22.1 Å². The quantitative estimate of drug-likeness (QED) is 0.751. The molecular formula is C11H11NOS. The Bertz CT molecular complexity index is 419. The van der Waals surface area contributed by atoms with E-state index < -0.39 is 0 Å². The normalized spacial score (nSPS) is 10.1. The van der Waals surface area contributed by atoms with Crippen LogP contribution in [0.25, 0.3) is 11.3 Å². The monoisotopic (exact) mass is 205 g/mol. The number of nitrogens with zero attached hydrogens (tertiary/aromatic N) is 1. The SMILES string of the molecule is COc1ccc(-c2cc(C)sn2)cc1. The van der Waals surface area contributed by atoms with Gasteiger partial charge in [0.05, 0.1) is 12.8 Å². The van der Waals surface area contributed by atoms with Crippen LogP contribution in [0.2, 0.25) is 0 Å². The Morgan fingerprint density at radius 3 is 2.43 bits per heavy atom. The van der Waals surface area contributed by atoms with Gasteiger partial charge in [0.25, 0.3) is 0 Å². The van der Waals surface area contributed by atoms with Crippen molar-refractivity contribution in [3.05, 3.63) is 35.2 Å². The summed E-state index contributed by atoms with van der Waals surface area (Å²) in [5, 5.41) is 0. The van der Waals surface area contributed by atoms with Crippen molar-refractivity contribution in [2.45, 2.75) is 6.92 Å². The number of rotatable bonds is 2. The highest BCUT2D eigenvalue weighted by Gasteiger charge is 2.01. The summed E-state index contributed by atoms with van der Waals surface area (Å²) >= 11 is 1.53. The van der Waals surface area contributed by atoms with E-state index in [0.717, 1.165) is 17.0 Å². The zero-order chi connectivity index (χ0) is 9.97. The lowest BCUT2D eigenvalue weighted by molar-refractivity contribution is 0.415. The van der Waals surface area contributed by atoms with Gasteiger partial charge >= 0.3 is 0 Å². The molecule has 0 N–H and O–H groups in total. The molecule has 0 bridgehead atoms. The summed E-state index contributed by atoms with van der Waals surface area (Å²) in [4.78, 5) is 1.23. The molecule has 0 aliphatic heterocycles. The van der Waals surface area contributed by atoms with Crippen molar-refractivity contribution in [1.29, 1.82) is 0 Å². The molecule has 0 saturated heterocycles. The van der Waals surface area contributed by atoms with E-state index in [-0.39, 0.29) is 0 Å². The van der Waals surface area contributed by atoms with Crippen molar-refractivity contribution in [2.75, 3.05) is 7.11 Å². The molecule has 2 nitrogen and oxygen atoms in total. The van der Waals surface area contributed by atoms with E-state index in [1.165, 1.54) is 16.4 Å². The number of aryl methyl sites for hydroxylation is 1. The van der Waals surface area contributed by atoms with Gasteiger partial charge in [-0.05, 0) is 48.8 Å². The Labute approximate surface area is 87.3 Å². The number of ether oxygens (including phenoxy) is 1. The molecule has 0 amide bonds. The molecule has 0 saturated carbocycles. The summed E-state index contributed by atoms with van der Waals surface area (Å²) in [6.07, 6.45) is 0. The van der Waals surface area contributed by atoms with Crippen LogP contribution in [-0.2, 0) is 0 Å². The lowest BCUT2D eigenvalue weighted by atomic mass is 10.1. The van der Waals surface area contributed by atoms with E-state index in [2.05, 4.69) is 17.4 Å². The Hall–Kier alpha value is -1.35. The van der Waals surface area contributed by atoms with E-state index in [1.54, 1.807) is 7.11 Å². The van der Waals surface area contributed by atoms with Crippen LogP contribution in [0.15, 0.2) is 30.3 Å². The van der Waals surface area contributed by atoms with Gasteiger partial charge in [-0.15, -0.1) is 0 Å². The molecule has 0 radical (unpaired) electrons. The molecule has 72 valence electrons. The second kappa shape index (κ2) is 3.80. The largest absolute Gasteiger partial charge is 0.497 e. The van der Waals surface area contributed by atoms with Crippen LogP contribution in [0, 0.1) is 6.92 Å². The molecule has 0 aliphatic rings. The van der Waals surface area contributed by atoms with Gasteiger partial charge in [-0.25, -0.2) is 0 Å². The van der Waals surface area contributed by atoms with E-state index in [1.807, 2.05) is 24.3 Å². The highest BCUT2D eigenvalue weighted by molar-refractivity contribution is 7.05. The maximum atomic E-state index is 5.09. The predicted octanol–water partition coefficient (Wildman–Crippen LogP) is 3.13. The van der Waals surface area contributed by atoms with Gasteiger partial charge in [-0.2, -0.15) is 4.37 Å². The first kappa shape index (κ1) is 9.21. The lowest BCUT2D eigenvalue weighted by Gasteiger charge is -1.99. The van der Waals surface area contributed by atoms with Crippen LogP contribution in [0.4, 0.5) is 0 Å². The number of hydrogen-bond acceptors (Lipinski definition) is 3. The van der Waals surface area contributed by atoms with Crippen molar-refractivity contribution in [3.8, 4) is 17.0 Å². The van der Waals surface area contributed by atoms with Crippen LogP contribution in [0.1, 0.15) is 4.88 Å². The van der Waals surface area contributed by atoms with Crippen molar-refractivity contribution in [2.24, 2.45) is 0 Å². The van der Waals surface area contributed by atoms with Crippen molar-refractivity contribution in [3.63, 3.8) is 0 Å². The first-order valence-corrected chi connectivity index (χ1v) is 5.14. The fraction of sp³-hybridized carbons (Fsp3) is 0.182. The molecular weight excluding hydrogens is 194 g/mol. The molecule has 3 heteroatoms. The molecule has 0 atom stereocenters. The Kier molecular flexibility index (Phi) is 2.50. The summed E-state index contributed by atoms with van der Waals surface area (Å²) in [5.74, 6) is 0.876. The Balaban J connectivity index is 2.33. The molecule has 1 aromatic heterocycles. The van der Waals surface area contributed by atoms with Crippen LogP contribution in [-0.4, -0.2) is 11.5 Å². The fourth-order valence-electron chi connectivity index (χ4n) is 1.26. The zero-order valence-electron chi connectivity index (χ0n) is 8.15. The minimum atomic E-state index is 0.876. The van der Waals surface area contributed by atoms with Gasteiger partial charge in [0.1, 0.15) is 5.75 Å². The van der Waals surface area contributed by atoms with Gasteiger partial charge in [0.2, 0.25) is 0 Å². The third-order valence-electron chi connectivity index (χ3n) is 2.01. The molecule has 1 aromatic carbocycles. The number of hydrogen-bond donors (Lipinski definition) is 0. The molecule has 1 heterocycles. The molecule has 2 aromatic rings. The standard InChI is InChI=1S/C11H11NOS/c1-8-7-11(12-14-8)9-3-5-10(13-2)6-4-9/h3-7H,1-2H3. The molecule has 0 spiro atoms. The Morgan fingerprint density at radius 1 is 1.21 bits per heavy atom. The van der Waals surface area contributed by atoms with E-state index >= 15 is 0 Å². The Morgan fingerprint density at radius 2 is 1.93 bits per heavy atom. The third-order valence-corrected chi connectivity index (χ3v) is 2.71. The third kappa shape index (κ3) is 1.77. The second-order valence-electron chi connectivity index (χ2n) is 3.05. The van der Waals surface area contributed by atoms with Crippen molar-refractivity contribution in [1.82, 2.24) is 4.37 Å². The molecule has 0 unspecified atom stereocenters. The minimum Gasteiger partial charge on any atom is -0.497 e.